The lowest BCUT2D eigenvalue weighted by Crippen LogP contribution is -2.14. The molecule has 0 amide bonds. The van der Waals surface area contributed by atoms with Crippen molar-refractivity contribution in [2.45, 2.75) is 19.3 Å². The second-order valence-corrected chi connectivity index (χ2v) is 6.44. The number of oxime groups is 1. The Morgan fingerprint density at radius 1 is 1.17 bits per heavy atom. The van der Waals surface area contributed by atoms with Gasteiger partial charge in [-0.3, -0.25) is 0 Å². The maximum absolute atomic E-state index is 12.2. The monoisotopic (exact) mass is 421 g/mol. The third-order valence-corrected chi connectivity index (χ3v) is 4.76. The van der Waals surface area contributed by atoms with Gasteiger partial charge in [0.25, 0.3) is 0 Å². The molecule has 0 N–H and O–H groups in total. The maximum Gasteiger partial charge on any atom is 0.366 e. The van der Waals surface area contributed by atoms with Gasteiger partial charge in [-0.2, -0.15) is 0 Å². The first kappa shape index (κ1) is 16.0. The molecule has 0 saturated heterocycles. The molecular formula is C18H16INO3. The fraction of sp³-hybridized carbons (Fsp3) is 0.222. The van der Waals surface area contributed by atoms with E-state index in [-0.39, 0.29) is 0 Å². The Balaban J connectivity index is 1.84. The zero-order valence-corrected chi connectivity index (χ0v) is 14.9. The van der Waals surface area contributed by atoms with E-state index in [1.165, 1.54) is 5.56 Å². The normalized spacial score (nSPS) is 15.1. The van der Waals surface area contributed by atoms with Crippen molar-refractivity contribution in [3.63, 3.8) is 0 Å². The van der Waals surface area contributed by atoms with E-state index in [1.807, 2.05) is 36.4 Å². The Bertz CT molecular complexity index is 771. The van der Waals surface area contributed by atoms with Gasteiger partial charge >= 0.3 is 5.97 Å². The minimum Gasteiger partial charge on any atom is -0.497 e. The van der Waals surface area contributed by atoms with Crippen LogP contribution in [0.1, 0.15) is 34.3 Å². The average molecular weight is 421 g/mol. The molecule has 1 aliphatic carbocycles. The summed E-state index contributed by atoms with van der Waals surface area (Å²) >= 11 is 2.11. The molecule has 23 heavy (non-hydrogen) atoms. The number of ether oxygens (including phenoxy) is 1. The highest BCUT2D eigenvalue weighted by molar-refractivity contribution is 14.1. The molecule has 1 aliphatic rings. The SMILES string of the molecule is COc1ccc2c(c1)/C(=N\OC(=O)c1ccccc1I)CCC2. The highest BCUT2D eigenvalue weighted by Crippen LogP contribution is 2.26. The quantitative estimate of drug-likeness (QED) is 0.424. The van der Waals surface area contributed by atoms with Crippen molar-refractivity contribution in [2.75, 3.05) is 7.11 Å². The van der Waals surface area contributed by atoms with Gasteiger partial charge in [-0.15, -0.1) is 0 Å². The van der Waals surface area contributed by atoms with Crippen LogP contribution in [-0.2, 0) is 11.3 Å². The lowest BCUT2D eigenvalue weighted by Gasteiger charge is -2.18. The van der Waals surface area contributed by atoms with Gasteiger partial charge in [0, 0.05) is 9.13 Å². The summed E-state index contributed by atoms with van der Waals surface area (Å²) in [6, 6.07) is 13.2. The third-order valence-electron chi connectivity index (χ3n) is 3.82. The molecule has 0 radical (unpaired) electrons. The minimum absolute atomic E-state index is 0.433. The fourth-order valence-corrected chi connectivity index (χ4v) is 3.23. The smallest absolute Gasteiger partial charge is 0.366 e. The van der Waals surface area contributed by atoms with Gasteiger partial charge in [-0.25, -0.2) is 4.79 Å². The highest BCUT2D eigenvalue weighted by atomic mass is 127. The molecule has 0 heterocycles. The van der Waals surface area contributed by atoms with Gasteiger partial charge in [0.2, 0.25) is 0 Å². The molecule has 0 saturated carbocycles. The summed E-state index contributed by atoms with van der Waals surface area (Å²) in [6.45, 7) is 0. The van der Waals surface area contributed by atoms with Crippen molar-refractivity contribution in [1.29, 1.82) is 0 Å². The summed E-state index contributed by atoms with van der Waals surface area (Å²) in [5.41, 5.74) is 3.54. The topological polar surface area (TPSA) is 47.9 Å². The van der Waals surface area contributed by atoms with Crippen LogP contribution in [0.3, 0.4) is 0 Å². The predicted octanol–water partition coefficient (Wildman–Crippen LogP) is 4.20. The van der Waals surface area contributed by atoms with E-state index in [9.17, 15) is 4.79 Å². The number of carbonyl (C=O) groups excluding carboxylic acids is 1. The predicted molar refractivity (Wildman–Crippen MR) is 97.0 cm³/mol. The number of nitrogens with zero attached hydrogens (tertiary/aromatic N) is 1. The molecule has 5 heteroatoms. The molecule has 0 spiro atoms. The van der Waals surface area contributed by atoms with Crippen LogP contribution in [0, 0.1) is 3.57 Å². The number of benzene rings is 2. The number of halogens is 1. The molecule has 118 valence electrons. The second-order valence-electron chi connectivity index (χ2n) is 5.27. The molecule has 2 aromatic rings. The van der Waals surface area contributed by atoms with E-state index in [0.717, 1.165) is 39.9 Å². The van der Waals surface area contributed by atoms with Crippen LogP contribution >= 0.6 is 22.6 Å². The van der Waals surface area contributed by atoms with Gasteiger partial charge in [0.1, 0.15) is 5.75 Å². The number of hydrogen-bond acceptors (Lipinski definition) is 4. The Labute approximate surface area is 148 Å². The zero-order valence-electron chi connectivity index (χ0n) is 12.7. The van der Waals surface area contributed by atoms with Crippen LogP contribution in [0.2, 0.25) is 0 Å². The molecule has 0 fully saturated rings. The van der Waals surface area contributed by atoms with E-state index >= 15 is 0 Å². The van der Waals surface area contributed by atoms with Crippen LogP contribution in [-0.4, -0.2) is 18.8 Å². The molecule has 0 unspecified atom stereocenters. The standard InChI is InChI=1S/C18H16INO3/c1-22-13-10-9-12-5-4-8-17(15(12)11-13)20-23-18(21)14-6-2-3-7-16(14)19/h2-3,6-7,9-11H,4-5,8H2,1H3/b20-17-. The molecule has 0 aromatic heterocycles. The van der Waals surface area contributed by atoms with Crippen LogP contribution in [0.15, 0.2) is 47.6 Å². The summed E-state index contributed by atoms with van der Waals surface area (Å²) < 4.78 is 6.12. The van der Waals surface area contributed by atoms with Crippen molar-refractivity contribution in [1.82, 2.24) is 0 Å². The number of hydrogen-bond donors (Lipinski definition) is 0. The molecule has 0 bridgehead atoms. The first-order valence-electron chi connectivity index (χ1n) is 7.39. The van der Waals surface area contributed by atoms with Crippen molar-refractivity contribution in [2.24, 2.45) is 5.16 Å². The molecule has 4 nitrogen and oxygen atoms in total. The summed E-state index contributed by atoms with van der Waals surface area (Å²) in [5, 5.41) is 4.13. The lowest BCUT2D eigenvalue weighted by molar-refractivity contribution is 0.0514. The largest absolute Gasteiger partial charge is 0.497 e. The third kappa shape index (κ3) is 3.55. The molecule has 2 aromatic carbocycles. The summed E-state index contributed by atoms with van der Waals surface area (Å²) in [7, 11) is 1.64. The fourth-order valence-electron chi connectivity index (χ4n) is 2.62. The minimum atomic E-state index is -0.433. The summed E-state index contributed by atoms with van der Waals surface area (Å²) in [6.07, 6.45) is 2.79. The van der Waals surface area contributed by atoms with E-state index in [0.29, 0.717) is 5.56 Å². The van der Waals surface area contributed by atoms with Crippen molar-refractivity contribution < 1.29 is 14.4 Å². The number of carbonyl (C=O) groups is 1. The maximum atomic E-state index is 12.2. The lowest BCUT2D eigenvalue weighted by atomic mass is 9.90. The Hall–Kier alpha value is -1.89. The number of fused-ring (bicyclic) bond motifs is 1. The van der Waals surface area contributed by atoms with Crippen molar-refractivity contribution in [3.05, 3.63) is 62.7 Å². The van der Waals surface area contributed by atoms with Crippen LogP contribution in [0.4, 0.5) is 0 Å². The molecule has 0 atom stereocenters. The molecule has 3 rings (SSSR count). The Morgan fingerprint density at radius 2 is 2.00 bits per heavy atom. The van der Waals surface area contributed by atoms with E-state index in [1.54, 1.807) is 13.2 Å². The number of rotatable bonds is 3. The Morgan fingerprint density at radius 3 is 2.78 bits per heavy atom. The summed E-state index contributed by atoms with van der Waals surface area (Å²) in [4.78, 5) is 17.4. The highest BCUT2D eigenvalue weighted by Gasteiger charge is 2.18. The van der Waals surface area contributed by atoms with Crippen LogP contribution in [0.5, 0.6) is 5.75 Å². The second kappa shape index (κ2) is 7.12. The number of methoxy groups -OCH3 is 1. The van der Waals surface area contributed by atoms with E-state index in [4.69, 9.17) is 9.57 Å². The van der Waals surface area contributed by atoms with Crippen LogP contribution < -0.4 is 4.74 Å². The van der Waals surface area contributed by atoms with Gasteiger partial charge in [-0.05, 0) is 71.7 Å². The van der Waals surface area contributed by atoms with Crippen molar-refractivity contribution >= 4 is 34.3 Å². The zero-order chi connectivity index (χ0) is 16.2. The van der Waals surface area contributed by atoms with Crippen molar-refractivity contribution in [3.8, 4) is 5.75 Å². The summed E-state index contributed by atoms with van der Waals surface area (Å²) in [5.74, 6) is 0.347. The van der Waals surface area contributed by atoms with E-state index in [2.05, 4.69) is 27.7 Å². The van der Waals surface area contributed by atoms with Gasteiger partial charge in [0.05, 0.1) is 18.4 Å². The average Bonchev–Trinajstić information content (AvgIpc) is 2.59. The van der Waals surface area contributed by atoms with E-state index < -0.39 is 5.97 Å². The van der Waals surface area contributed by atoms with Gasteiger partial charge in [-0.1, -0.05) is 23.4 Å². The first-order valence-corrected chi connectivity index (χ1v) is 8.47. The van der Waals surface area contributed by atoms with Crippen LogP contribution in [0.25, 0.3) is 0 Å². The first-order chi connectivity index (χ1) is 11.2. The van der Waals surface area contributed by atoms with Gasteiger partial charge in [0.15, 0.2) is 0 Å². The van der Waals surface area contributed by atoms with Gasteiger partial charge < -0.3 is 9.57 Å². The molecule has 0 aliphatic heterocycles. The Kier molecular flexibility index (Phi) is 4.95. The number of aryl methyl sites for hydroxylation is 1. The molecular weight excluding hydrogens is 405 g/mol.